The SMILES string of the molecule is CCOc1ccc(-c2nnc(NC(=O)COc3ccccc3C)o2)cc1OCC. The zero-order chi connectivity index (χ0) is 20.6. The van der Waals surface area contributed by atoms with E-state index in [2.05, 4.69) is 15.5 Å². The molecule has 0 aliphatic carbocycles. The monoisotopic (exact) mass is 397 g/mol. The van der Waals surface area contributed by atoms with Gasteiger partial charge in [0, 0.05) is 5.56 Å². The molecule has 1 heterocycles. The number of aryl methyl sites for hydroxylation is 1. The van der Waals surface area contributed by atoms with Gasteiger partial charge in [-0.05, 0) is 50.6 Å². The summed E-state index contributed by atoms with van der Waals surface area (Å²) in [6, 6.07) is 12.8. The van der Waals surface area contributed by atoms with Gasteiger partial charge >= 0.3 is 6.01 Å². The number of rotatable bonds is 9. The van der Waals surface area contributed by atoms with Crippen molar-refractivity contribution in [1.29, 1.82) is 0 Å². The molecule has 8 nitrogen and oxygen atoms in total. The van der Waals surface area contributed by atoms with Gasteiger partial charge in [0.25, 0.3) is 5.91 Å². The largest absolute Gasteiger partial charge is 0.490 e. The molecule has 29 heavy (non-hydrogen) atoms. The molecule has 0 aliphatic rings. The van der Waals surface area contributed by atoms with Crippen LogP contribution in [0.5, 0.6) is 17.2 Å². The third-order valence-corrected chi connectivity index (χ3v) is 3.91. The van der Waals surface area contributed by atoms with Crippen LogP contribution < -0.4 is 19.5 Å². The van der Waals surface area contributed by atoms with E-state index in [9.17, 15) is 4.79 Å². The summed E-state index contributed by atoms with van der Waals surface area (Å²) in [4.78, 5) is 12.1. The van der Waals surface area contributed by atoms with Crippen LogP contribution in [0.25, 0.3) is 11.5 Å². The molecular weight excluding hydrogens is 374 g/mol. The Balaban J connectivity index is 1.65. The van der Waals surface area contributed by atoms with Crippen LogP contribution in [-0.4, -0.2) is 35.9 Å². The highest BCUT2D eigenvalue weighted by Crippen LogP contribution is 2.32. The Bertz CT molecular complexity index is 970. The number of amides is 1. The van der Waals surface area contributed by atoms with E-state index in [-0.39, 0.29) is 18.5 Å². The average molecular weight is 397 g/mol. The second kappa shape index (κ2) is 9.59. The molecule has 0 fully saturated rings. The molecule has 152 valence electrons. The topological polar surface area (TPSA) is 95.7 Å². The van der Waals surface area contributed by atoms with Crippen LogP contribution in [0.4, 0.5) is 6.01 Å². The van der Waals surface area contributed by atoms with Crippen LogP contribution in [-0.2, 0) is 4.79 Å². The normalized spacial score (nSPS) is 10.4. The van der Waals surface area contributed by atoms with Gasteiger partial charge in [0.1, 0.15) is 5.75 Å². The fourth-order valence-electron chi connectivity index (χ4n) is 2.59. The summed E-state index contributed by atoms with van der Waals surface area (Å²) in [7, 11) is 0. The lowest BCUT2D eigenvalue weighted by Gasteiger charge is -2.11. The van der Waals surface area contributed by atoms with Gasteiger partial charge in [-0.3, -0.25) is 10.1 Å². The molecule has 0 radical (unpaired) electrons. The van der Waals surface area contributed by atoms with Gasteiger partial charge in [-0.2, -0.15) is 0 Å². The van der Waals surface area contributed by atoms with E-state index in [1.165, 1.54) is 0 Å². The van der Waals surface area contributed by atoms with E-state index in [0.717, 1.165) is 5.56 Å². The Morgan fingerprint density at radius 3 is 2.48 bits per heavy atom. The quantitative estimate of drug-likeness (QED) is 0.586. The first kappa shape index (κ1) is 20.2. The highest BCUT2D eigenvalue weighted by atomic mass is 16.5. The standard InChI is InChI=1S/C21H23N3O5/c1-4-26-17-11-10-15(12-18(17)27-5-2)20-23-24-21(29-20)22-19(25)13-28-16-9-7-6-8-14(16)3/h6-12H,4-5,13H2,1-3H3,(H,22,24,25). The molecule has 0 saturated carbocycles. The Morgan fingerprint density at radius 2 is 1.72 bits per heavy atom. The molecule has 0 atom stereocenters. The zero-order valence-corrected chi connectivity index (χ0v) is 16.6. The Kier molecular flexibility index (Phi) is 6.67. The molecule has 0 bridgehead atoms. The molecule has 0 aliphatic heterocycles. The third-order valence-electron chi connectivity index (χ3n) is 3.91. The van der Waals surface area contributed by atoms with Crippen LogP contribution in [0.3, 0.4) is 0 Å². The first-order chi connectivity index (χ1) is 14.1. The van der Waals surface area contributed by atoms with Gasteiger partial charge in [0.15, 0.2) is 18.1 Å². The summed E-state index contributed by atoms with van der Waals surface area (Å²) in [5, 5.41) is 10.4. The maximum absolute atomic E-state index is 12.1. The van der Waals surface area contributed by atoms with Crippen molar-refractivity contribution in [2.45, 2.75) is 20.8 Å². The van der Waals surface area contributed by atoms with E-state index in [4.69, 9.17) is 18.6 Å². The second-order valence-electron chi connectivity index (χ2n) is 6.04. The predicted octanol–water partition coefficient (Wildman–Crippen LogP) is 3.86. The van der Waals surface area contributed by atoms with Crippen molar-refractivity contribution in [2.24, 2.45) is 0 Å². The minimum absolute atomic E-state index is 0.00905. The molecular formula is C21H23N3O5. The molecule has 0 unspecified atom stereocenters. The van der Waals surface area contributed by atoms with Gasteiger partial charge in [-0.1, -0.05) is 23.3 Å². The summed E-state index contributed by atoms with van der Waals surface area (Å²) in [6.45, 7) is 6.56. The number of ether oxygens (including phenoxy) is 3. The van der Waals surface area contributed by atoms with Crippen LogP contribution in [0.1, 0.15) is 19.4 Å². The average Bonchev–Trinajstić information content (AvgIpc) is 3.17. The number of hydrogen-bond donors (Lipinski definition) is 1. The summed E-state index contributed by atoms with van der Waals surface area (Å²) < 4.78 is 22.2. The van der Waals surface area contributed by atoms with Gasteiger partial charge in [-0.15, -0.1) is 5.10 Å². The summed E-state index contributed by atoms with van der Waals surface area (Å²) in [5.41, 5.74) is 1.60. The Labute approximate surface area is 168 Å². The zero-order valence-electron chi connectivity index (χ0n) is 16.6. The summed E-state index contributed by atoms with van der Waals surface area (Å²) in [5.74, 6) is 1.72. The predicted molar refractivity (Wildman–Crippen MR) is 107 cm³/mol. The fraction of sp³-hybridized carbons (Fsp3) is 0.286. The molecule has 2 aromatic carbocycles. The number of hydrogen-bond acceptors (Lipinski definition) is 7. The summed E-state index contributed by atoms with van der Waals surface area (Å²) >= 11 is 0. The van der Waals surface area contributed by atoms with E-state index < -0.39 is 5.91 Å². The van der Waals surface area contributed by atoms with Crippen molar-refractivity contribution in [3.63, 3.8) is 0 Å². The van der Waals surface area contributed by atoms with E-state index in [0.29, 0.717) is 36.0 Å². The maximum Gasteiger partial charge on any atom is 0.322 e. The van der Waals surface area contributed by atoms with Crippen molar-refractivity contribution >= 4 is 11.9 Å². The molecule has 0 spiro atoms. The third kappa shape index (κ3) is 5.25. The number of aromatic nitrogens is 2. The van der Waals surface area contributed by atoms with Crippen LogP contribution in [0, 0.1) is 6.92 Å². The smallest absolute Gasteiger partial charge is 0.322 e. The number of nitrogens with one attached hydrogen (secondary N) is 1. The van der Waals surface area contributed by atoms with Gasteiger partial charge in [0.05, 0.1) is 13.2 Å². The van der Waals surface area contributed by atoms with E-state index in [1.54, 1.807) is 24.3 Å². The number of anilines is 1. The lowest BCUT2D eigenvalue weighted by molar-refractivity contribution is -0.118. The lowest BCUT2D eigenvalue weighted by atomic mass is 10.2. The fourth-order valence-corrected chi connectivity index (χ4v) is 2.59. The Hall–Kier alpha value is -3.55. The van der Waals surface area contributed by atoms with Crippen LogP contribution >= 0.6 is 0 Å². The second-order valence-corrected chi connectivity index (χ2v) is 6.04. The van der Waals surface area contributed by atoms with Gasteiger partial charge < -0.3 is 18.6 Å². The number of benzene rings is 2. The molecule has 1 N–H and O–H groups in total. The molecule has 8 heteroatoms. The molecule has 1 amide bonds. The molecule has 3 aromatic rings. The number of carbonyl (C=O) groups is 1. The summed E-state index contributed by atoms with van der Waals surface area (Å²) in [6.07, 6.45) is 0. The van der Waals surface area contributed by atoms with Crippen molar-refractivity contribution in [2.75, 3.05) is 25.1 Å². The molecule has 3 rings (SSSR count). The lowest BCUT2D eigenvalue weighted by Crippen LogP contribution is -2.20. The van der Waals surface area contributed by atoms with E-state index >= 15 is 0 Å². The van der Waals surface area contributed by atoms with Crippen molar-refractivity contribution in [1.82, 2.24) is 10.2 Å². The van der Waals surface area contributed by atoms with Crippen LogP contribution in [0.15, 0.2) is 46.9 Å². The number of carbonyl (C=O) groups excluding carboxylic acids is 1. The van der Waals surface area contributed by atoms with Crippen LogP contribution in [0.2, 0.25) is 0 Å². The van der Waals surface area contributed by atoms with Crippen molar-refractivity contribution < 1.29 is 23.4 Å². The highest BCUT2D eigenvalue weighted by Gasteiger charge is 2.15. The Morgan fingerprint density at radius 1 is 0.966 bits per heavy atom. The minimum Gasteiger partial charge on any atom is -0.490 e. The number of nitrogens with zero attached hydrogens (tertiary/aromatic N) is 2. The first-order valence-electron chi connectivity index (χ1n) is 9.32. The van der Waals surface area contributed by atoms with Gasteiger partial charge in [0.2, 0.25) is 5.89 Å². The molecule has 0 saturated heterocycles. The van der Waals surface area contributed by atoms with Crippen molar-refractivity contribution in [3.05, 3.63) is 48.0 Å². The minimum atomic E-state index is -0.398. The maximum atomic E-state index is 12.1. The highest BCUT2D eigenvalue weighted by molar-refractivity contribution is 5.89. The first-order valence-corrected chi connectivity index (χ1v) is 9.32. The molecule has 1 aromatic heterocycles. The van der Waals surface area contributed by atoms with E-state index in [1.807, 2.05) is 39.0 Å². The van der Waals surface area contributed by atoms with Gasteiger partial charge in [-0.25, -0.2) is 0 Å². The number of para-hydroxylation sites is 1. The van der Waals surface area contributed by atoms with Crippen molar-refractivity contribution in [3.8, 4) is 28.7 Å².